The zero-order valence-corrected chi connectivity index (χ0v) is 11.1. The second kappa shape index (κ2) is 4.93. The van der Waals surface area contributed by atoms with Crippen LogP contribution in [0.3, 0.4) is 0 Å². The predicted octanol–water partition coefficient (Wildman–Crippen LogP) is 1.81. The van der Waals surface area contributed by atoms with Crippen LogP contribution in [0.4, 0.5) is 0 Å². The molecule has 1 N–H and O–H groups in total. The fourth-order valence-electron chi connectivity index (χ4n) is 1.84. The van der Waals surface area contributed by atoms with Crippen LogP contribution < -0.4 is 5.76 Å². The molecule has 0 aliphatic rings. The molecule has 2 aromatic heterocycles. The lowest BCUT2D eigenvalue weighted by atomic mass is 10.3. The number of hydrogen-bond donors (Lipinski definition) is 1. The summed E-state index contributed by atoms with van der Waals surface area (Å²) in [4.78, 5) is 15.9. The number of thioether (sulfide) groups is 1. The lowest BCUT2D eigenvalue weighted by molar-refractivity contribution is 0.514. The number of H-pyrrole nitrogens is 1. The van der Waals surface area contributed by atoms with Crippen LogP contribution in [0.25, 0.3) is 11.1 Å². The summed E-state index contributed by atoms with van der Waals surface area (Å²) in [5, 5.41) is 7.51. The van der Waals surface area contributed by atoms with Gasteiger partial charge in [0.15, 0.2) is 5.58 Å². The van der Waals surface area contributed by atoms with Crippen molar-refractivity contribution in [3.05, 3.63) is 40.6 Å². The highest BCUT2D eigenvalue weighted by Crippen LogP contribution is 2.15. The Hall–Kier alpha value is -2.02. The second-order valence-electron chi connectivity index (χ2n) is 4.04. The van der Waals surface area contributed by atoms with Gasteiger partial charge < -0.3 is 4.42 Å². The van der Waals surface area contributed by atoms with Crippen LogP contribution in [0, 0.1) is 6.92 Å². The maximum absolute atomic E-state index is 11.7. The zero-order valence-electron chi connectivity index (χ0n) is 10.3. The number of fused-ring (bicyclic) bond motifs is 1. The maximum atomic E-state index is 11.7. The fraction of sp³-hybridized carbons (Fsp3) is 0.250. The maximum Gasteiger partial charge on any atom is 0.419 e. The molecule has 7 heteroatoms. The van der Waals surface area contributed by atoms with E-state index in [2.05, 4.69) is 15.2 Å². The summed E-state index contributed by atoms with van der Waals surface area (Å²) < 4.78 is 6.79. The molecule has 19 heavy (non-hydrogen) atoms. The van der Waals surface area contributed by atoms with Gasteiger partial charge in [-0.25, -0.2) is 9.78 Å². The Morgan fingerprint density at radius 2 is 2.26 bits per heavy atom. The molecule has 6 nitrogen and oxygen atoms in total. The summed E-state index contributed by atoms with van der Waals surface area (Å²) >= 11 is 1.50. The standard InChI is InChI=1S/C12H12N4O2S/c1-8-13-11(15-14-8)19-7-6-16-9-4-2-3-5-10(9)18-12(16)17/h2-5H,6-7H2,1H3,(H,13,14,15). The molecule has 3 aromatic rings. The van der Waals surface area contributed by atoms with Gasteiger partial charge in [0.25, 0.3) is 0 Å². The Morgan fingerprint density at radius 1 is 1.42 bits per heavy atom. The summed E-state index contributed by atoms with van der Waals surface area (Å²) in [5.41, 5.74) is 1.44. The highest BCUT2D eigenvalue weighted by Gasteiger charge is 2.08. The Morgan fingerprint density at radius 3 is 3.05 bits per heavy atom. The number of rotatable bonds is 4. The van der Waals surface area contributed by atoms with Gasteiger partial charge in [-0.3, -0.25) is 9.67 Å². The topological polar surface area (TPSA) is 76.7 Å². The molecule has 0 fully saturated rings. The van der Waals surface area contributed by atoms with Gasteiger partial charge in [0.1, 0.15) is 5.82 Å². The summed E-state index contributed by atoms with van der Waals surface area (Å²) in [6.45, 7) is 2.42. The summed E-state index contributed by atoms with van der Waals surface area (Å²) in [5.74, 6) is 1.17. The molecule has 98 valence electrons. The van der Waals surface area contributed by atoms with Crippen molar-refractivity contribution < 1.29 is 4.42 Å². The lowest BCUT2D eigenvalue weighted by Gasteiger charge is -1.99. The molecule has 0 amide bonds. The van der Waals surface area contributed by atoms with Gasteiger partial charge >= 0.3 is 5.76 Å². The average Bonchev–Trinajstić information content (AvgIpc) is 2.94. The van der Waals surface area contributed by atoms with Crippen molar-refractivity contribution >= 4 is 22.9 Å². The van der Waals surface area contributed by atoms with Crippen molar-refractivity contribution in [1.82, 2.24) is 19.7 Å². The van der Waals surface area contributed by atoms with E-state index in [-0.39, 0.29) is 5.76 Å². The third-order valence-electron chi connectivity index (χ3n) is 2.70. The van der Waals surface area contributed by atoms with Gasteiger partial charge in [-0.15, -0.1) is 5.10 Å². The second-order valence-corrected chi connectivity index (χ2v) is 5.10. The minimum atomic E-state index is -0.326. The summed E-state index contributed by atoms with van der Waals surface area (Å²) in [6, 6.07) is 7.40. The molecule has 2 heterocycles. The first-order chi connectivity index (χ1) is 9.24. The van der Waals surface area contributed by atoms with E-state index in [4.69, 9.17) is 4.42 Å². The van der Waals surface area contributed by atoms with Gasteiger partial charge in [-0.05, 0) is 19.1 Å². The predicted molar refractivity (Wildman–Crippen MR) is 72.3 cm³/mol. The van der Waals surface area contributed by atoms with Gasteiger partial charge in [0.2, 0.25) is 5.16 Å². The van der Waals surface area contributed by atoms with E-state index in [0.29, 0.717) is 23.0 Å². The Kier molecular flexibility index (Phi) is 3.12. The molecule has 0 aliphatic heterocycles. The SMILES string of the molecule is Cc1nc(SCCn2c(=O)oc3ccccc32)n[nH]1. The molecule has 0 aliphatic carbocycles. The van der Waals surface area contributed by atoms with Crippen molar-refractivity contribution in [2.45, 2.75) is 18.6 Å². The lowest BCUT2D eigenvalue weighted by Crippen LogP contribution is -2.15. The number of nitrogens with one attached hydrogen (secondary N) is 1. The number of oxazole rings is 1. The summed E-state index contributed by atoms with van der Waals surface area (Å²) in [6.07, 6.45) is 0. The van der Waals surface area contributed by atoms with Crippen LogP contribution in [-0.2, 0) is 6.54 Å². The average molecular weight is 276 g/mol. The number of aromatic nitrogens is 4. The van der Waals surface area contributed by atoms with Crippen molar-refractivity contribution in [3.8, 4) is 0 Å². The third-order valence-corrected chi connectivity index (χ3v) is 3.52. The highest BCUT2D eigenvalue weighted by molar-refractivity contribution is 7.99. The first-order valence-electron chi connectivity index (χ1n) is 5.84. The van der Waals surface area contributed by atoms with Crippen LogP contribution in [-0.4, -0.2) is 25.5 Å². The molecule has 0 bridgehead atoms. The number of aromatic amines is 1. The first-order valence-corrected chi connectivity index (χ1v) is 6.83. The smallest absolute Gasteiger partial charge is 0.408 e. The quantitative estimate of drug-likeness (QED) is 0.735. The number of aryl methyl sites for hydroxylation is 2. The van der Waals surface area contributed by atoms with Crippen molar-refractivity contribution in [2.75, 3.05) is 5.75 Å². The van der Waals surface area contributed by atoms with Crippen LogP contribution in [0.5, 0.6) is 0 Å². The van der Waals surface area contributed by atoms with E-state index < -0.39 is 0 Å². The van der Waals surface area contributed by atoms with Gasteiger partial charge in [0, 0.05) is 12.3 Å². The summed E-state index contributed by atoms with van der Waals surface area (Å²) in [7, 11) is 0. The van der Waals surface area contributed by atoms with Crippen molar-refractivity contribution in [1.29, 1.82) is 0 Å². The van der Waals surface area contributed by atoms with Crippen LogP contribution >= 0.6 is 11.8 Å². The van der Waals surface area contributed by atoms with Crippen LogP contribution in [0.2, 0.25) is 0 Å². The molecular weight excluding hydrogens is 264 g/mol. The largest absolute Gasteiger partial charge is 0.419 e. The molecule has 0 saturated heterocycles. The number of para-hydroxylation sites is 2. The number of nitrogens with zero attached hydrogens (tertiary/aromatic N) is 3. The van der Waals surface area contributed by atoms with Crippen LogP contribution in [0.1, 0.15) is 5.82 Å². The van der Waals surface area contributed by atoms with E-state index in [1.54, 1.807) is 10.6 Å². The number of benzene rings is 1. The molecule has 0 saturated carbocycles. The molecule has 0 spiro atoms. The molecular formula is C12H12N4O2S. The molecule has 3 rings (SSSR count). The zero-order chi connectivity index (χ0) is 13.2. The monoisotopic (exact) mass is 276 g/mol. The minimum absolute atomic E-state index is 0.326. The van der Waals surface area contributed by atoms with E-state index in [9.17, 15) is 4.79 Å². The van der Waals surface area contributed by atoms with E-state index in [1.807, 2.05) is 25.1 Å². The highest BCUT2D eigenvalue weighted by atomic mass is 32.2. The van der Waals surface area contributed by atoms with Crippen LogP contribution in [0.15, 0.2) is 38.6 Å². The Labute approximate surface area is 112 Å². The van der Waals surface area contributed by atoms with E-state index in [1.165, 1.54) is 11.8 Å². The molecule has 0 radical (unpaired) electrons. The van der Waals surface area contributed by atoms with Gasteiger partial charge in [-0.2, -0.15) is 0 Å². The van der Waals surface area contributed by atoms with E-state index in [0.717, 1.165) is 11.3 Å². The third kappa shape index (κ3) is 2.41. The Balaban J connectivity index is 1.75. The molecule has 0 unspecified atom stereocenters. The van der Waals surface area contributed by atoms with Crippen molar-refractivity contribution in [3.63, 3.8) is 0 Å². The van der Waals surface area contributed by atoms with E-state index >= 15 is 0 Å². The molecule has 1 aromatic carbocycles. The molecule has 0 atom stereocenters. The van der Waals surface area contributed by atoms with Crippen molar-refractivity contribution in [2.24, 2.45) is 0 Å². The number of hydrogen-bond acceptors (Lipinski definition) is 5. The normalized spacial score (nSPS) is 11.2. The van der Waals surface area contributed by atoms with Gasteiger partial charge in [0.05, 0.1) is 5.52 Å². The van der Waals surface area contributed by atoms with Gasteiger partial charge in [-0.1, -0.05) is 23.9 Å². The first kappa shape index (κ1) is 12.0. The Bertz CT molecular complexity index is 758. The minimum Gasteiger partial charge on any atom is -0.408 e. The fourth-order valence-corrected chi connectivity index (χ4v) is 2.61.